The first kappa shape index (κ1) is 18.5. The lowest BCUT2D eigenvalue weighted by Gasteiger charge is -2.38. The van der Waals surface area contributed by atoms with E-state index in [1.54, 1.807) is 0 Å². The summed E-state index contributed by atoms with van der Waals surface area (Å²) in [5.41, 5.74) is 7.53. The highest BCUT2D eigenvalue weighted by molar-refractivity contribution is 6.74. The zero-order valence-electron chi connectivity index (χ0n) is 15.8. The van der Waals surface area contributed by atoms with E-state index in [1.165, 1.54) is 0 Å². The number of nitrogen functional groups attached to an aromatic ring is 1. The Balaban J connectivity index is 1.76. The maximum atomic E-state index is 6.57. The second kappa shape index (κ2) is 6.45. The van der Waals surface area contributed by atoms with E-state index in [2.05, 4.69) is 38.8 Å². The van der Waals surface area contributed by atoms with Gasteiger partial charge < -0.3 is 15.1 Å². The molecule has 1 saturated heterocycles. The second-order valence-electron chi connectivity index (χ2n) is 8.43. The molecule has 1 aromatic heterocycles. The molecule has 3 rings (SSSR count). The third kappa shape index (κ3) is 3.64. The number of pyridine rings is 1. The molecular weight excluding hydrogens is 350 g/mol. The van der Waals surface area contributed by atoms with Crippen LogP contribution in [0.25, 0.3) is 10.9 Å². The number of hydrogen-bond acceptors (Lipinski definition) is 4. The van der Waals surface area contributed by atoms with Crippen molar-refractivity contribution in [1.29, 1.82) is 0 Å². The van der Waals surface area contributed by atoms with Crippen LogP contribution in [0.1, 0.15) is 27.2 Å². The summed E-state index contributed by atoms with van der Waals surface area (Å²) in [6, 6.07) is 7.78. The molecule has 0 radical (unpaired) electrons. The quantitative estimate of drug-likeness (QED) is 0.599. The number of hydrogen-bond donors (Lipinski definition) is 1. The molecule has 0 aliphatic carbocycles. The monoisotopic (exact) mass is 377 g/mol. The number of nitrogens with two attached hydrogens (primary N) is 1. The van der Waals surface area contributed by atoms with Crippen LogP contribution in [0.5, 0.6) is 0 Å². The van der Waals surface area contributed by atoms with Crippen molar-refractivity contribution >= 4 is 42.3 Å². The smallest absolute Gasteiger partial charge is 0.192 e. The summed E-state index contributed by atoms with van der Waals surface area (Å²) in [6.45, 7) is 13.4. The van der Waals surface area contributed by atoms with Gasteiger partial charge in [0.15, 0.2) is 8.32 Å². The molecule has 0 spiro atoms. The zero-order chi connectivity index (χ0) is 18.4. The maximum absolute atomic E-state index is 6.57. The Bertz CT molecular complexity index is 788. The largest absolute Gasteiger partial charge is 0.412 e. The molecule has 1 atom stereocenters. The van der Waals surface area contributed by atoms with Crippen LogP contribution in [0.15, 0.2) is 24.3 Å². The van der Waals surface area contributed by atoms with Gasteiger partial charge in [0.1, 0.15) is 5.82 Å². The van der Waals surface area contributed by atoms with Crippen LogP contribution in [-0.2, 0) is 4.43 Å². The average molecular weight is 378 g/mol. The third-order valence-corrected chi connectivity index (χ3v) is 10.4. The van der Waals surface area contributed by atoms with E-state index < -0.39 is 8.32 Å². The minimum Gasteiger partial charge on any atom is -0.412 e. The van der Waals surface area contributed by atoms with Crippen molar-refractivity contribution in [3.8, 4) is 0 Å². The molecule has 6 heteroatoms. The molecular formula is C19H28ClN3OSi. The van der Waals surface area contributed by atoms with Crippen LogP contribution in [0, 0.1) is 0 Å². The van der Waals surface area contributed by atoms with Crippen LogP contribution in [0.4, 0.5) is 11.5 Å². The van der Waals surface area contributed by atoms with Gasteiger partial charge in [0.05, 0.1) is 22.3 Å². The van der Waals surface area contributed by atoms with E-state index in [0.717, 1.165) is 36.2 Å². The predicted molar refractivity (Wildman–Crippen MR) is 110 cm³/mol. The van der Waals surface area contributed by atoms with E-state index in [9.17, 15) is 0 Å². The lowest BCUT2D eigenvalue weighted by molar-refractivity contribution is 0.202. The Morgan fingerprint density at radius 2 is 1.96 bits per heavy atom. The number of benzene rings is 1. The molecule has 0 saturated carbocycles. The summed E-state index contributed by atoms with van der Waals surface area (Å²) in [4.78, 5) is 7.09. The highest BCUT2D eigenvalue weighted by Gasteiger charge is 2.40. The first-order valence-corrected chi connectivity index (χ1v) is 12.1. The Morgan fingerprint density at radius 1 is 1.24 bits per heavy atom. The predicted octanol–water partition coefficient (Wildman–Crippen LogP) is 5.07. The molecule has 0 bridgehead atoms. The van der Waals surface area contributed by atoms with Gasteiger partial charge in [-0.05, 0) is 48.8 Å². The van der Waals surface area contributed by atoms with Gasteiger partial charge in [0, 0.05) is 18.5 Å². The maximum Gasteiger partial charge on any atom is 0.192 e. The van der Waals surface area contributed by atoms with Crippen molar-refractivity contribution in [2.24, 2.45) is 0 Å². The van der Waals surface area contributed by atoms with Gasteiger partial charge in [0.2, 0.25) is 0 Å². The summed E-state index contributed by atoms with van der Waals surface area (Å²) in [5, 5.41) is 1.72. The Labute approximate surface area is 156 Å². The SMILES string of the molecule is CC(C)(C)[Si](C)(C)O[C@@H]1CCN(c2ccc3c(N)c(Cl)ccc3n2)C1. The summed E-state index contributed by atoms with van der Waals surface area (Å²) in [5.74, 6) is 0.982. The molecule has 136 valence electrons. The van der Waals surface area contributed by atoms with Crippen molar-refractivity contribution in [2.45, 2.75) is 51.4 Å². The van der Waals surface area contributed by atoms with Crippen molar-refractivity contribution in [1.82, 2.24) is 4.98 Å². The fourth-order valence-electron chi connectivity index (χ4n) is 2.99. The summed E-state index contributed by atoms with van der Waals surface area (Å²) in [7, 11) is -1.74. The number of fused-ring (bicyclic) bond motifs is 1. The number of anilines is 2. The Kier molecular flexibility index (Phi) is 4.77. The fourth-order valence-corrected chi connectivity index (χ4v) is 4.54. The summed E-state index contributed by atoms with van der Waals surface area (Å²) < 4.78 is 6.57. The van der Waals surface area contributed by atoms with Gasteiger partial charge >= 0.3 is 0 Å². The number of aromatic nitrogens is 1. The van der Waals surface area contributed by atoms with Gasteiger partial charge in [-0.1, -0.05) is 32.4 Å². The topological polar surface area (TPSA) is 51.4 Å². The Hall–Kier alpha value is -1.30. The van der Waals surface area contributed by atoms with Gasteiger partial charge in [-0.2, -0.15) is 0 Å². The van der Waals surface area contributed by atoms with Crippen molar-refractivity contribution in [3.05, 3.63) is 29.3 Å². The molecule has 1 aliphatic rings. The fraction of sp³-hybridized carbons (Fsp3) is 0.526. The van der Waals surface area contributed by atoms with E-state index in [0.29, 0.717) is 10.7 Å². The first-order chi connectivity index (χ1) is 11.6. The van der Waals surface area contributed by atoms with Crippen molar-refractivity contribution in [2.75, 3.05) is 23.7 Å². The van der Waals surface area contributed by atoms with Crippen LogP contribution in [-0.4, -0.2) is 32.5 Å². The normalized spacial score (nSPS) is 19.0. The first-order valence-electron chi connectivity index (χ1n) is 8.86. The number of halogens is 1. The molecule has 1 aromatic carbocycles. The molecule has 25 heavy (non-hydrogen) atoms. The van der Waals surface area contributed by atoms with Gasteiger partial charge in [-0.3, -0.25) is 0 Å². The highest BCUT2D eigenvalue weighted by atomic mass is 35.5. The zero-order valence-corrected chi connectivity index (χ0v) is 17.5. The molecule has 1 aliphatic heterocycles. The van der Waals surface area contributed by atoms with Crippen molar-refractivity contribution < 1.29 is 4.43 Å². The van der Waals surface area contributed by atoms with Crippen molar-refractivity contribution in [3.63, 3.8) is 0 Å². The standard InChI is InChI=1S/C19H28ClN3OSi/c1-19(2,3)25(4,5)24-13-10-11-23(12-13)17-9-6-14-16(22-17)8-7-15(20)18(14)21/h6-9,13H,10-12,21H2,1-5H3/t13-/m1/s1. The Morgan fingerprint density at radius 3 is 2.64 bits per heavy atom. The van der Waals surface area contributed by atoms with E-state index in [1.807, 2.05) is 24.3 Å². The number of rotatable bonds is 3. The minimum atomic E-state index is -1.74. The molecule has 2 aromatic rings. The van der Waals surface area contributed by atoms with Gasteiger partial charge in [0.25, 0.3) is 0 Å². The molecule has 0 unspecified atom stereocenters. The van der Waals surface area contributed by atoms with Gasteiger partial charge in [-0.15, -0.1) is 0 Å². The van der Waals surface area contributed by atoms with Crippen LogP contribution in [0.2, 0.25) is 23.2 Å². The van der Waals surface area contributed by atoms with E-state index in [-0.39, 0.29) is 11.1 Å². The summed E-state index contributed by atoms with van der Waals surface area (Å²) in [6.07, 6.45) is 1.34. The minimum absolute atomic E-state index is 0.235. The van der Waals surface area contributed by atoms with E-state index >= 15 is 0 Å². The van der Waals surface area contributed by atoms with Gasteiger partial charge in [-0.25, -0.2) is 4.98 Å². The lowest BCUT2D eigenvalue weighted by atomic mass is 10.2. The second-order valence-corrected chi connectivity index (χ2v) is 13.6. The number of nitrogens with zero attached hydrogens (tertiary/aromatic N) is 2. The molecule has 2 heterocycles. The molecule has 1 fully saturated rings. The molecule has 4 nitrogen and oxygen atoms in total. The molecule has 2 N–H and O–H groups in total. The van der Waals surface area contributed by atoms with E-state index in [4.69, 9.17) is 26.7 Å². The third-order valence-electron chi connectivity index (χ3n) is 5.58. The lowest BCUT2D eigenvalue weighted by Crippen LogP contribution is -2.44. The average Bonchev–Trinajstić information content (AvgIpc) is 2.97. The van der Waals surface area contributed by atoms with Crippen LogP contribution in [0.3, 0.4) is 0 Å². The summed E-state index contributed by atoms with van der Waals surface area (Å²) >= 11 is 6.10. The van der Waals surface area contributed by atoms with Crippen LogP contribution >= 0.6 is 11.6 Å². The highest BCUT2D eigenvalue weighted by Crippen LogP contribution is 2.38. The van der Waals surface area contributed by atoms with Crippen LogP contribution < -0.4 is 10.6 Å². The molecule has 0 amide bonds.